The van der Waals surface area contributed by atoms with Gasteiger partial charge in [-0.3, -0.25) is 9.97 Å². The van der Waals surface area contributed by atoms with E-state index in [1.54, 1.807) is 24.8 Å². The zero-order valence-electron chi connectivity index (χ0n) is 26.3. The van der Waals surface area contributed by atoms with Crippen molar-refractivity contribution in [1.82, 2.24) is 39.0 Å². The first-order valence-electron chi connectivity index (χ1n) is 15.6. The van der Waals surface area contributed by atoms with E-state index in [1.165, 1.54) is 0 Å². The Hall–Kier alpha value is -6.18. The number of rotatable bonds is 4. The SMILES string of the molecule is [Zn+2].c1ccc(-n2c3cccnc3c3c(-c4ncc[n-]4)cccc32)cc1.c1ccc(-n2c3cccnc3c3c(-c4ncc[n-]4)cccc32)cc1. The van der Waals surface area contributed by atoms with Crippen molar-refractivity contribution < 1.29 is 19.5 Å². The third-order valence-electron chi connectivity index (χ3n) is 8.53. The number of nitrogens with zero attached hydrogens (tertiary/aromatic N) is 8. The zero-order chi connectivity index (χ0) is 31.9. The fourth-order valence-corrected chi connectivity index (χ4v) is 6.59. The molecule has 0 spiro atoms. The Kier molecular flexibility index (Phi) is 7.88. The molecule has 4 aromatic carbocycles. The molecule has 6 heterocycles. The van der Waals surface area contributed by atoms with Crippen LogP contribution in [0.15, 0.2) is 159 Å². The number of fused-ring (bicyclic) bond motifs is 6. The Morgan fingerprint density at radius 1 is 0.388 bits per heavy atom. The van der Waals surface area contributed by atoms with Gasteiger partial charge in [-0.05, 0) is 71.8 Å². The second-order valence-corrected chi connectivity index (χ2v) is 11.2. The summed E-state index contributed by atoms with van der Waals surface area (Å²) in [7, 11) is 0. The number of aromatic nitrogens is 8. The molecule has 0 atom stereocenters. The fourth-order valence-electron chi connectivity index (χ4n) is 6.59. The van der Waals surface area contributed by atoms with Crippen LogP contribution in [-0.2, 0) is 19.5 Å². The molecular weight excluding hydrogens is 658 g/mol. The summed E-state index contributed by atoms with van der Waals surface area (Å²) >= 11 is 0. The molecule has 0 bridgehead atoms. The van der Waals surface area contributed by atoms with Crippen molar-refractivity contribution in [3.8, 4) is 34.2 Å². The Labute approximate surface area is 293 Å². The molecule has 0 N–H and O–H groups in total. The van der Waals surface area contributed by atoms with E-state index in [0.717, 1.165) is 78.0 Å². The summed E-state index contributed by atoms with van der Waals surface area (Å²) in [6, 6.07) is 41.3. The minimum absolute atomic E-state index is 0. The summed E-state index contributed by atoms with van der Waals surface area (Å²) < 4.78 is 4.48. The molecule has 0 amide bonds. The molecule has 10 aromatic rings. The van der Waals surface area contributed by atoms with E-state index >= 15 is 0 Å². The molecule has 9 heteroatoms. The van der Waals surface area contributed by atoms with Crippen LogP contribution in [0.2, 0.25) is 0 Å². The van der Waals surface area contributed by atoms with E-state index in [9.17, 15) is 0 Å². The normalized spacial score (nSPS) is 11.1. The van der Waals surface area contributed by atoms with Gasteiger partial charge in [-0.2, -0.15) is 0 Å². The first-order valence-corrected chi connectivity index (χ1v) is 15.6. The smallest absolute Gasteiger partial charge is 0.442 e. The van der Waals surface area contributed by atoms with Crippen LogP contribution in [0, 0.1) is 0 Å². The second kappa shape index (κ2) is 12.8. The molecule has 0 aliphatic rings. The predicted octanol–water partition coefficient (Wildman–Crippen LogP) is 8.39. The average Bonchev–Trinajstić information content (AvgIpc) is 3.98. The molecule has 0 fully saturated rings. The number of imidazole rings is 2. The van der Waals surface area contributed by atoms with Crippen LogP contribution < -0.4 is 9.97 Å². The molecule has 8 nitrogen and oxygen atoms in total. The van der Waals surface area contributed by atoms with Crippen LogP contribution in [-0.4, -0.2) is 29.1 Å². The van der Waals surface area contributed by atoms with Crippen molar-refractivity contribution in [2.75, 3.05) is 0 Å². The van der Waals surface area contributed by atoms with Crippen molar-refractivity contribution in [1.29, 1.82) is 0 Å². The van der Waals surface area contributed by atoms with E-state index in [4.69, 9.17) is 0 Å². The summed E-state index contributed by atoms with van der Waals surface area (Å²) in [5, 5.41) is 2.17. The van der Waals surface area contributed by atoms with Gasteiger partial charge < -0.3 is 29.1 Å². The first kappa shape index (κ1) is 30.2. The predicted molar refractivity (Wildman–Crippen MR) is 190 cm³/mol. The Balaban J connectivity index is 0.000000139. The number of hydrogen-bond donors (Lipinski definition) is 0. The molecule has 0 radical (unpaired) electrons. The van der Waals surface area contributed by atoms with Gasteiger partial charge in [-0.1, -0.05) is 97.1 Å². The van der Waals surface area contributed by atoms with E-state index < -0.39 is 0 Å². The summed E-state index contributed by atoms with van der Waals surface area (Å²) in [4.78, 5) is 26.8. The van der Waals surface area contributed by atoms with Crippen molar-refractivity contribution >= 4 is 43.9 Å². The molecule has 0 unspecified atom stereocenters. The first-order chi connectivity index (χ1) is 23.9. The Morgan fingerprint density at radius 3 is 1.22 bits per heavy atom. The summed E-state index contributed by atoms with van der Waals surface area (Å²) in [5.41, 5.74) is 10.6. The maximum absolute atomic E-state index is 4.65. The average molecular weight is 684 g/mol. The minimum atomic E-state index is 0. The number of benzene rings is 4. The maximum Gasteiger partial charge on any atom is 2.00 e. The molecule has 228 valence electrons. The van der Waals surface area contributed by atoms with Crippen LogP contribution in [0.3, 0.4) is 0 Å². The van der Waals surface area contributed by atoms with Crippen molar-refractivity contribution in [2.24, 2.45) is 0 Å². The zero-order valence-corrected chi connectivity index (χ0v) is 29.3. The van der Waals surface area contributed by atoms with Gasteiger partial charge in [0.2, 0.25) is 0 Å². The summed E-state index contributed by atoms with van der Waals surface area (Å²) in [6.45, 7) is 0. The molecule has 10 rings (SSSR count). The Bertz CT molecular complexity index is 2470. The third-order valence-corrected chi connectivity index (χ3v) is 8.53. The van der Waals surface area contributed by atoms with Gasteiger partial charge in [0.25, 0.3) is 0 Å². The van der Waals surface area contributed by atoms with E-state index in [0.29, 0.717) is 0 Å². The largest absolute Gasteiger partial charge is 2.00 e. The van der Waals surface area contributed by atoms with Crippen molar-refractivity contribution in [3.63, 3.8) is 0 Å². The quantitative estimate of drug-likeness (QED) is 0.173. The van der Waals surface area contributed by atoms with Gasteiger partial charge in [-0.15, -0.1) is 0 Å². The third kappa shape index (κ3) is 5.12. The van der Waals surface area contributed by atoms with Gasteiger partial charge in [0.1, 0.15) is 0 Å². The van der Waals surface area contributed by atoms with Crippen molar-refractivity contribution in [2.45, 2.75) is 0 Å². The number of hydrogen-bond acceptors (Lipinski definition) is 4. The molecular formula is C40H26N8Zn. The van der Waals surface area contributed by atoms with Crippen LogP contribution in [0.4, 0.5) is 0 Å². The van der Waals surface area contributed by atoms with E-state index in [1.807, 2.05) is 73.1 Å². The second-order valence-electron chi connectivity index (χ2n) is 11.2. The number of para-hydroxylation sites is 2. The van der Waals surface area contributed by atoms with Gasteiger partial charge in [0.05, 0.1) is 33.1 Å². The molecule has 0 aliphatic heterocycles. The maximum atomic E-state index is 4.65. The van der Waals surface area contributed by atoms with Gasteiger partial charge in [0.15, 0.2) is 0 Å². The van der Waals surface area contributed by atoms with Crippen LogP contribution in [0.1, 0.15) is 0 Å². The molecule has 0 saturated heterocycles. The van der Waals surface area contributed by atoms with Gasteiger partial charge in [-0.25, -0.2) is 0 Å². The fraction of sp³-hybridized carbons (Fsp3) is 0. The Morgan fingerprint density at radius 2 is 0.816 bits per heavy atom. The van der Waals surface area contributed by atoms with E-state index in [2.05, 4.69) is 99.7 Å². The molecule has 0 saturated carbocycles. The summed E-state index contributed by atoms with van der Waals surface area (Å²) in [6.07, 6.45) is 10.5. The van der Waals surface area contributed by atoms with Gasteiger partial charge >= 0.3 is 19.5 Å². The van der Waals surface area contributed by atoms with Crippen LogP contribution >= 0.6 is 0 Å². The summed E-state index contributed by atoms with van der Waals surface area (Å²) in [5.74, 6) is 1.47. The molecule has 6 aromatic heterocycles. The van der Waals surface area contributed by atoms with Gasteiger partial charge in [0, 0.05) is 34.5 Å². The van der Waals surface area contributed by atoms with E-state index in [-0.39, 0.29) is 19.5 Å². The molecule has 49 heavy (non-hydrogen) atoms. The van der Waals surface area contributed by atoms with Crippen LogP contribution in [0.25, 0.3) is 78.0 Å². The topological polar surface area (TPSA) is 89.6 Å². The van der Waals surface area contributed by atoms with Crippen LogP contribution in [0.5, 0.6) is 0 Å². The monoisotopic (exact) mass is 682 g/mol. The molecule has 0 aliphatic carbocycles. The minimum Gasteiger partial charge on any atom is -0.442 e. The number of pyridine rings is 2. The standard InChI is InChI=1S/2C20H13N4.Zn/c2*1-2-6-14(7-3-1)24-16-9-4-8-15(20-22-12-13-23-20)18(16)19-17(24)10-5-11-21-19;/h2*1-13H;/q2*-1;+2. The van der Waals surface area contributed by atoms with Crippen molar-refractivity contribution in [3.05, 3.63) is 159 Å².